The van der Waals surface area contributed by atoms with Crippen LogP contribution in [0, 0.1) is 0 Å². The van der Waals surface area contributed by atoms with Crippen LogP contribution in [0.4, 0.5) is 0 Å². The molecule has 4 heteroatoms. The number of nitrogens with zero attached hydrogens (tertiary/aromatic N) is 2. The number of methoxy groups -OCH3 is 2. The average Bonchev–Trinajstić information content (AvgIpc) is 2.61. The number of rotatable bonds is 4. The molecule has 4 nitrogen and oxygen atoms in total. The SMILES string of the molecule is COc1c(-c2ccncc2)ccc(-c2ccncc2)c1OC. The van der Waals surface area contributed by atoms with Crippen LogP contribution < -0.4 is 9.47 Å². The molecule has 22 heavy (non-hydrogen) atoms. The maximum absolute atomic E-state index is 5.62. The van der Waals surface area contributed by atoms with Crippen molar-refractivity contribution in [2.24, 2.45) is 0 Å². The fraction of sp³-hybridized carbons (Fsp3) is 0.111. The molecule has 0 saturated heterocycles. The summed E-state index contributed by atoms with van der Waals surface area (Å²) in [5.41, 5.74) is 4.01. The van der Waals surface area contributed by atoms with Crippen LogP contribution in [0.15, 0.2) is 61.2 Å². The Morgan fingerprint density at radius 3 is 1.27 bits per heavy atom. The van der Waals surface area contributed by atoms with E-state index in [2.05, 4.69) is 9.97 Å². The normalized spacial score (nSPS) is 10.3. The Bertz CT molecular complexity index is 692. The lowest BCUT2D eigenvalue weighted by Crippen LogP contribution is -1.96. The lowest BCUT2D eigenvalue weighted by atomic mass is 9.99. The van der Waals surface area contributed by atoms with E-state index in [9.17, 15) is 0 Å². The van der Waals surface area contributed by atoms with Crippen LogP contribution in [-0.4, -0.2) is 24.2 Å². The van der Waals surface area contributed by atoms with Gasteiger partial charge >= 0.3 is 0 Å². The van der Waals surface area contributed by atoms with Crippen molar-refractivity contribution in [1.82, 2.24) is 9.97 Å². The van der Waals surface area contributed by atoms with Crippen molar-refractivity contribution in [3.63, 3.8) is 0 Å². The predicted molar refractivity (Wildman–Crippen MR) is 86.0 cm³/mol. The molecule has 0 unspecified atom stereocenters. The first kappa shape index (κ1) is 14.1. The van der Waals surface area contributed by atoms with Gasteiger partial charge in [-0.05, 0) is 47.5 Å². The van der Waals surface area contributed by atoms with Crippen LogP contribution in [0.3, 0.4) is 0 Å². The molecule has 0 aliphatic rings. The molecule has 2 aromatic heterocycles. The van der Waals surface area contributed by atoms with E-state index >= 15 is 0 Å². The van der Waals surface area contributed by atoms with Gasteiger partial charge in [0.15, 0.2) is 11.5 Å². The Balaban J connectivity index is 2.21. The van der Waals surface area contributed by atoms with Crippen molar-refractivity contribution in [3.05, 3.63) is 61.2 Å². The zero-order valence-electron chi connectivity index (χ0n) is 12.5. The molecule has 0 aliphatic carbocycles. The quantitative estimate of drug-likeness (QED) is 0.733. The number of hydrogen-bond donors (Lipinski definition) is 0. The van der Waals surface area contributed by atoms with Gasteiger partial charge in [-0.15, -0.1) is 0 Å². The molecule has 110 valence electrons. The zero-order valence-corrected chi connectivity index (χ0v) is 12.5. The zero-order chi connectivity index (χ0) is 15.4. The second-order valence-corrected chi connectivity index (χ2v) is 4.70. The molecule has 0 N–H and O–H groups in total. The van der Waals surface area contributed by atoms with Crippen LogP contribution >= 0.6 is 0 Å². The Hall–Kier alpha value is -2.88. The largest absolute Gasteiger partial charge is 0.492 e. The number of benzene rings is 1. The second kappa shape index (κ2) is 6.26. The first-order valence-corrected chi connectivity index (χ1v) is 6.91. The molecule has 0 spiro atoms. The minimum absolute atomic E-state index is 0.711. The first-order chi connectivity index (χ1) is 10.8. The summed E-state index contributed by atoms with van der Waals surface area (Å²) in [5, 5.41) is 0. The van der Waals surface area contributed by atoms with Gasteiger partial charge in [0.05, 0.1) is 14.2 Å². The van der Waals surface area contributed by atoms with E-state index in [1.165, 1.54) is 0 Å². The van der Waals surface area contributed by atoms with Crippen LogP contribution in [0.1, 0.15) is 0 Å². The van der Waals surface area contributed by atoms with E-state index in [0.29, 0.717) is 11.5 Å². The Morgan fingerprint density at radius 1 is 0.591 bits per heavy atom. The summed E-state index contributed by atoms with van der Waals surface area (Å²) in [5.74, 6) is 1.42. The first-order valence-electron chi connectivity index (χ1n) is 6.91. The summed E-state index contributed by atoms with van der Waals surface area (Å²) in [6.07, 6.45) is 7.05. The average molecular weight is 292 g/mol. The van der Waals surface area contributed by atoms with Crippen LogP contribution in [0.2, 0.25) is 0 Å². The summed E-state index contributed by atoms with van der Waals surface area (Å²) in [6, 6.07) is 11.9. The summed E-state index contributed by atoms with van der Waals surface area (Å²) in [4.78, 5) is 8.11. The Labute approximate surface area is 129 Å². The highest BCUT2D eigenvalue weighted by Gasteiger charge is 2.17. The molecule has 2 heterocycles. The third kappa shape index (κ3) is 2.51. The summed E-state index contributed by atoms with van der Waals surface area (Å²) >= 11 is 0. The van der Waals surface area contributed by atoms with Gasteiger partial charge in [0.1, 0.15) is 0 Å². The molecule has 0 atom stereocenters. The highest BCUT2D eigenvalue weighted by Crippen LogP contribution is 2.44. The van der Waals surface area contributed by atoms with Gasteiger partial charge in [-0.25, -0.2) is 0 Å². The monoisotopic (exact) mass is 292 g/mol. The molecule has 0 radical (unpaired) electrons. The molecule has 0 saturated carbocycles. The number of hydrogen-bond acceptors (Lipinski definition) is 4. The minimum atomic E-state index is 0.711. The van der Waals surface area contributed by atoms with Crippen molar-refractivity contribution in [2.75, 3.05) is 14.2 Å². The van der Waals surface area contributed by atoms with E-state index in [1.54, 1.807) is 39.0 Å². The third-order valence-corrected chi connectivity index (χ3v) is 3.50. The van der Waals surface area contributed by atoms with Crippen LogP contribution in [0.5, 0.6) is 11.5 Å². The highest BCUT2D eigenvalue weighted by atomic mass is 16.5. The maximum Gasteiger partial charge on any atom is 0.169 e. The molecule has 1 aromatic carbocycles. The maximum atomic E-state index is 5.62. The molecule has 0 aliphatic heterocycles. The Kier molecular flexibility index (Phi) is 4.01. The van der Waals surface area contributed by atoms with Crippen LogP contribution in [0.25, 0.3) is 22.3 Å². The number of pyridine rings is 2. The topological polar surface area (TPSA) is 44.2 Å². The van der Waals surface area contributed by atoms with Gasteiger partial charge in [-0.3, -0.25) is 9.97 Å². The molecular formula is C18H16N2O2. The molecule has 0 bridgehead atoms. The van der Waals surface area contributed by atoms with Gasteiger partial charge < -0.3 is 9.47 Å². The van der Waals surface area contributed by atoms with E-state index in [4.69, 9.17) is 9.47 Å². The number of ether oxygens (including phenoxy) is 2. The minimum Gasteiger partial charge on any atom is -0.492 e. The number of aromatic nitrogens is 2. The van der Waals surface area contributed by atoms with Crippen LogP contribution in [-0.2, 0) is 0 Å². The van der Waals surface area contributed by atoms with Crippen molar-refractivity contribution in [1.29, 1.82) is 0 Å². The third-order valence-electron chi connectivity index (χ3n) is 3.50. The molecule has 0 fully saturated rings. The van der Waals surface area contributed by atoms with E-state index in [1.807, 2.05) is 36.4 Å². The summed E-state index contributed by atoms with van der Waals surface area (Å²) in [6.45, 7) is 0. The van der Waals surface area contributed by atoms with Gasteiger partial charge in [0, 0.05) is 35.9 Å². The molecule has 0 amide bonds. The van der Waals surface area contributed by atoms with Crippen molar-refractivity contribution in [3.8, 4) is 33.8 Å². The van der Waals surface area contributed by atoms with E-state index < -0.39 is 0 Å². The smallest absolute Gasteiger partial charge is 0.169 e. The van der Waals surface area contributed by atoms with Gasteiger partial charge in [0.2, 0.25) is 0 Å². The van der Waals surface area contributed by atoms with E-state index in [0.717, 1.165) is 22.3 Å². The highest BCUT2D eigenvalue weighted by molar-refractivity contribution is 5.82. The van der Waals surface area contributed by atoms with Crippen molar-refractivity contribution < 1.29 is 9.47 Å². The fourth-order valence-electron chi connectivity index (χ4n) is 2.49. The van der Waals surface area contributed by atoms with Gasteiger partial charge in [0.25, 0.3) is 0 Å². The van der Waals surface area contributed by atoms with Crippen molar-refractivity contribution in [2.45, 2.75) is 0 Å². The molecule has 3 rings (SSSR count). The van der Waals surface area contributed by atoms with Gasteiger partial charge in [-0.1, -0.05) is 0 Å². The lowest BCUT2D eigenvalue weighted by molar-refractivity contribution is 0.357. The van der Waals surface area contributed by atoms with E-state index in [-0.39, 0.29) is 0 Å². The fourth-order valence-corrected chi connectivity index (χ4v) is 2.49. The summed E-state index contributed by atoms with van der Waals surface area (Å²) in [7, 11) is 3.30. The summed E-state index contributed by atoms with van der Waals surface area (Å²) < 4.78 is 11.2. The predicted octanol–water partition coefficient (Wildman–Crippen LogP) is 3.83. The molecular weight excluding hydrogens is 276 g/mol. The standard InChI is InChI=1S/C18H16N2O2/c1-21-17-15(13-5-9-19-10-6-13)3-4-16(18(17)22-2)14-7-11-20-12-8-14/h3-12H,1-2H3. The van der Waals surface area contributed by atoms with Crippen molar-refractivity contribution >= 4 is 0 Å². The van der Waals surface area contributed by atoms with Gasteiger partial charge in [-0.2, -0.15) is 0 Å². The molecule has 3 aromatic rings. The second-order valence-electron chi connectivity index (χ2n) is 4.70. The lowest BCUT2D eigenvalue weighted by Gasteiger charge is -2.16. The Morgan fingerprint density at radius 2 is 0.955 bits per heavy atom.